The van der Waals surface area contributed by atoms with Crippen molar-refractivity contribution < 1.29 is 32.6 Å². The second-order valence-electron chi connectivity index (χ2n) is 8.22. The highest BCUT2D eigenvalue weighted by Gasteiger charge is 2.39. The Kier molecular flexibility index (Phi) is 5.52. The van der Waals surface area contributed by atoms with Crippen LogP contribution in [0.15, 0.2) is 18.2 Å². The summed E-state index contributed by atoms with van der Waals surface area (Å²) in [5.41, 5.74) is 0.967. The molecule has 1 aliphatic heterocycles. The summed E-state index contributed by atoms with van der Waals surface area (Å²) in [4.78, 5) is 27.9. The van der Waals surface area contributed by atoms with Crippen LogP contribution in [0.1, 0.15) is 15.9 Å². The molecular formula is C19H23F3N2O4Si. The van der Waals surface area contributed by atoms with E-state index in [1.165, 1.54) is 23.1 Å². The summed E-state index contributed by atoms with van der Waals surface area (Å²) >= 11 is 0. The number of rotatable bonds is 4. The Balaban J connectivity index is 2.11. The van der Waals surface area contributed by atoms with Crippen molar-refractivity contribution in [2.24, 2.45) is 0 Å². The summed E-state index contributed by atoms with van der Waals surface area (Å²) in [5, 5.41) is 10.9. The highest BCUT2D eigenvalue weighted by Crippen LogP contribution is 2.28. The van der Waals surface area contributed by atoms with Crippen molar-refractivity contribution in [2.45, 2.75) is 38.3 Å². The summed E-state index contributed by atoms with van der Waals surface area (Å²) < 4.78 is 44.2. The number of carboxylic acid groups (broad SMARTS) is 1. The molecule has 2 aromatic rings. The molecule has 1 aromatic carbocycles. The zero-order chi connectivity index (χ0) is 21.6. The van der Waals surface area contributed by atoms with Gasteiger partial charge in [0.15, 0.2) is 0 Å². The summed E-state index contributed by atoms with van der Waals surface area (Å²) in [6.45, 7) is 7.04. The first-order chi connectivity index (χ1) is 13.4. The van der Waals surface area contributed by atoms with Crippen LogP contribution >= 0.6 is 0 Å². The summed E-state index contributed by atoms with van der Waals surface area (Å²) in [5.74, 6) is -1.89. The highest BCUT2D eigenvalue weighted by atomic mass is 28.3. The third-order valence-corrected chi connectivity index (χ3v) is 7.02. The lowest BCUT2D eigenvalue weighted by atomic mass is 10.0. The van der Waals surface area contributed by atoms with E-state index in [4.69, 9.17) is 4.74 Å². The number of aromatic amines is 1. The van der Waals surface area contributed by atoms with Crippen molar-refractivity contribution in [2.75, 3.05) is 19.8 Å². The molecule has 3 rings (SSSR count). The van der Waals surface area contributed by atoms with E-state index in [1.54, 1.807) is 0 Å². The molecule has 29 heavy (non-hydrogen) atoms. The molecule has 1 aliphatic rings. The molecule has 0 spiro atoms. The smallest absolute Gasteiger partial charge is 0.454 e. The van der Waals surface area contributed by atoms with Crippen LogP contribution in [0.3, 0.4) is 0 Å². The quantitative estimate of drug-likeness (QED) is 0.578. The molecule has 158 valence electrons. The van der Waals surface area contributed by atoms with Gasteiger partial charge in [-0.1, -0.05) is 19.6 Å². The Morgan fingerprint density at radius 1 is 1.31 bits per heavy atom. The lowest BCUT2D eigenvalue weighted by Gasteiger charge is -2.34. The van der Waals surface area contributed by atoms with E-state index in [-0.39, 0.29) is 13.2 Å². The molecule has 1 saturated heterocycles. The first kappa shape index (κ1) is 21.4. The molecule has 0 saturated carbocycles. The van der Waals surface area contributed by atoms with Crippen LogP contribution in [0, 0.1) is 0 Å². The number of nitrogens with zero attached hydrogens (tertiary/aromatic N) is 1. The number of fused-ring (bicyclic) bond motifs is 1. The van der Waals surface area contributed by atoms with Crippen LogP contribution in [-0.2, 0) is 11.2 Å². The number of hydrogen-bond acceptors (Lipinski definition) is 3. The SMILES string of the molecule is C[Si](C)(C)c1[nH]c2ccc(C(=O)C(F)(F)F)cc2c1C[C@H]1COCCN1C(=O)O. The largest absolute Gasteiger partial charge is 0.465 e. The number of aromatic nitrogens is 1. The Bertz CT molecular complexity index is 949. The van der Waals surface area contributed by atoms with Gasteiger partial charge in [0.25, 0.3) is 5.78 Å². The van der Waals surface area contributed by atoms with Gasteiger partial charge in [0.2, 0.25) is 0 Å². The number of hydrogen-bond donors (Lipinski definition) is 2. The first-order valence-corrected chi connectivity index (χ1v) is 12.7. The molecule has 2 N–H and O–H groups in total. The van der Waals surface area contributed by atoms with Gasteiger partial charge >= 0.3 is 12.3 Å². The van der Waals surface area contributed by atoms with Gasteiger partial charge in [-0.15, -0.1) is 0 Å². The summed E-state index contributed by atoms with van der Waals surface area (Å²) in [7, 11) is -1.95. The maximum absolute atomic E-state index is 12.9. The second-order valence-corrected chi connectivity index (χ2v) is 13.2. The van der Waals surface area contributed by atoms with E-state index < -0.39 is 37.7 Å². The van der Waals surface area contributed by atoms with Crippen LogP contribution in [0.2, 0.25) is 19.6 Å². The minimum Gasteiger partial charge on any atom is -0.465 e. The van der Waals surface area contributed by atoms with E-state index >= 15 is 0 Å². The Labute approximate surface area is 166 Å². The Morgan fingerprint density at radius 2 is 2.00 bits per heavy atom. The molecule has 0 radical (unpaired) electrons. The number of H-pyrrole nitrogens is 1. The zero-order valence-electron chi connectivity index (χ0n) is 16.4. The molecule has 1 fully saturated rings. The third-order valence-electron chi connectivity index (χ3n) is 5.09. The van der Waals surface area contributed by atoms with E-state index in [2.05, 4.69) is 24.6 Å². The molecule has 0 aliphatic carbocycles. The second kappa shape index (κ2) is 7.49. The number of carbonyl (C=O) groups is 2. The van der Waals surface area contributed by atoms with Gasteiger partial charge in [0.1, 0.15) is 0 Å². The normalized spacial score (nSPS) is 18.3. The zero-order valence-corrected chi connectivity index (χ0v) is 17.4. The summed E-state index contributed by atoms with van der Waals surface area (Å²) in [6, 6.07) is 3.46. The Morgan fingerprint density at radius 3 is 2.59 bits per heavy atom. The number of ether oxygens (including phenoxy) is 1. The topological polar surface area (TPSA) is 82.6 Å². The molecule has 1 atom stereocenters. The fraction of sp³-hybridized carbons (Fsp3) is 0.474. The number of ketones is 1. The average Bonchev–Trinajstić information content (AvgIpc) is 2.98. The standard InChI is InChI=1S/C19H23F3N2O4Si/c1-29(2,3)17-14(9-12-10-28-7-6-24(12)18(26)27)13-8-11(4-5-15(13)23-17)16(25)19(20,21)22/h4-5,8,12,23H,6-7,9-10H2,1-3H3,(H,26,27)/t12-/m0/s1. The van der Waals surface area contributed by atoms with Gasteiger partial charge in [-0.25, -0.2) is 4.79 Å². The van der Waals surface area contributed by atoms with Crippen molar-refractivity contribution in [1.82, 2.24) is 9.88 Å². The van der Waals surface area contributed by atoms with Gasteiger partial charge < -0.3 is 19.7 Å². The molecular weight excluding hydrogens is 405 g/mol. The van der Waals surface area contributed by atoms with E-state index in [0.29, 0.717) is 23.9 Å². The maximum atomic E-state index is 12.9. The molecule has 0 bridgehead atoms. The first-order valence-electron chi connectivity index (χ1n) is 9.23. The number of morpholine rings is 1. The monoisotopic (exact) mass is 428 g/mol. The van der Waals surface area contributed by atoms with E-state index in [9.17, 15) is 27.9 Å². The number of halogens is 3. The van der Waals surface area contributed by atoms with Crippen LogP contribution in [0.4, 0.5) is 18.0 Å². The number of amides is 1. The number of Topliss-reactive ketones (excluding diaryl/α,β-unsaturated/α-hetero) is 1. The molecule has 1 amide bonds. The maximum Gasteiger partial charge on any atom is 0.454 e. The lowest BCUT2D eigenvalue weighted by Crippen LogP contribution is -2.50. The Hall–Kier alpha value is -2.33. The summed E-state index contributed by atoms with van der Waals surface area (Å²) in [6.07, 6.45) is -5.71. The van der Waals surface area contributed by atoms with E-state index in [0.717, 1.165) is 10.9 Å². The van der Waals surface area contributed by atoms with Crippen molar-refractivity contribution in [3.63, 3.8) is 0 Å². The number of benzene rings is 1. The van der Waals surface area contributed by atoms with E-state index in [1.807, 2.05) is 0 Å². The minimum atomic E-state index is -4.96. The average molecular weight is 428 g/mol. The fourth-order valence-electron chi connectivity index (χ4n) is 3.72. The van der Waals surface area contributed by atoms with Crippen molar-refractivity contribution in [1.29, 1.82) is 0 Å². The van der Waals surface area contributed by atoms with Crippen molar-refractivity contribution >= 4 is 36.2 Å². The van der Waals surface area contributed by atoms with Crippen molar-refractivity contribution in [3.05, 3.63) is 29.3 Å². The predicted molar refractivity (Wildman–Crippen MR) is 105 cm³/mol. The predicted octanol–water partition coefficient (Wildman–Crippen LogP) is 3.38. The molecule has 1 aromatic heterocycles. The van der Waals surface area contributed by atoms with Crippen molar-refractivity contribution in [3.8, 4) is 0 Å². The van der Waals surface area contributed by atoms with Gasteiger partial charge in [0, 0.05) is 28.3 Å². The minimum absolute atomic E-state index is 0.214. The van der Waals surface area contributed by atoms with Crippen LogP contribution in [0.5, 0.6) is 0 Å². The molecule has 0 unspecified atom stereocenters. The number of nitrogens with one attached hydrogen (secondary N) is 1. The highest BCUT2D eigenvalue weighted by molar-refractivity contribution is 6.88. The third kappa shape index (κ3) is 4.32. The van der Waals surface area contributed by atoms with Gasteiger partial charge in [-0.05, 0) is 30.2 Å². The molecule has 6 nitrogen and oxygen atoms in total. The van der Waals surface area contributed by atoms with Crippen LogP contribution in [-0.4, -0.2) is 66.9 Å². The van der Waals surface area contributed by atoms with Crippen LogP contribution < -0.4 is 5.32 Å². The number of alkyl halides is 3. The number of carbonyl (C=O) groups excluding carboxylic acids is 1. The van der Waals surface area contributed by atoms with Gasteiger partial charge in [-0.3, -0.25) is 4.79 Å². The van der Waals surface area contributed by atoms with Crippen LogP contribution in [0.25, 0.3) is 10.9 Å². The molecule has 10 heteroatoms. The van der Waals surface area contributed by atoms with Gasteiger partial charge in [0.05, 0.1) is 27.3 Å². The fourth-order valence-corrected chi connectivity index (χ4v) is 5.37. The molecule has 2 heterocycles. The van der Waals surface area contributed by atoms with Gasteiger partial charge in [-0.2, -0.15) is 13.2 Å². The lowest BCUT2D eigenvalue weighted by molar-refractivity contribution is -0.0885.